The molecule has 1 aromatic heterocycles. The third-order valence-electron chi connectivity index (χ3n) is 2.55. The number of halogens is 1. The Kier molecular flexibility index (Phi) is 4.96. The first-order valence-electron chi connectivity index (χ1n) is 5.83. The average Bonchev–Trinajstić information content (AvgIpc) is 2.89. The van der Waals surface area contributed by atoms with Crippen molar-refractivity contribution < 1.29 is 9.53 Å². The molecule has 0 aliphatic heterocycles. The molecule has 1 N–H and O–H groups in total. The Balaban J connectivity index is 2.06. The van der Waals surface area contributed by atoms with E-state index in [1.807, 2.05) is 36.4 Å². The van der Waals surface area contributed by atoms with Gasteiger partial charge in [0.1, 0.15) is 0 Å². The fourth-order valence-electron chi connectivity index (χ4n) is 1.58. The standard InChI is InChI=1S/C14H14ClNO2S/c1-18-9-8-16-14(17)13-7-6-12(19-13)10-2-4-11(15)5-3-10/h2-7H,8-9H2,1H3,(H,16,17). The molecule has 0 aliphatic rings. The maximum Gasteiger partial charge on any atom is 0.261 e. The zero-order valence-corrected chi connectivity index (χ0v) is 12.1. The maximum atomic E-state index is 11.8. The summed E-state index contributed by atoms with van der Waals surface area (Å²) in [4.78, 5) is 13.6. The fourth-order valence-corrected chi connectivity index (χ4v) is 2.64. The smallest absolute Gasteiger partial charge is 0.261 e. The molecule has 19 heavy (non-hydrogen) atoms. The average molecular weight is 296 g/mol. The van der Waals surface area contributed by atoms with Gasteiger partial charge < -0.3 is 10.1 Å². The summed E-state index contributed by atoms with van der Waals surface area (Å²) >= 11 is 7.32. The molecule has 0 saturated heterocycles. The van der Waals surface area contributed by atoms with Gasteiger partial charge in [0, 0.05) is 23.6 Å². The van der Waals surface area contributed by atoms with E-state index in [1.165, 1.54) is 11.3 Å². The Labute approximate surface area is 121 Å². The molecule has 1 heterocycles. The zero-order valence-electron chi connectivity index (χ0n) is 10.5. The van der Waals surface area contributed by atoms with E-state index in [2.05, 4.69) is 5.32 Å². The van der Waals surface area contributed by atoms with E-state index >= 15 is 0 Å². The summed E-state index contributed by atoms with van der Waals surface area (Å²) in [6.07, 6.45) is 0. The molecule has 0 atom stereocenters. The molecule has 1 amide bonds. The maximum absolute atomic E-state index is 11.8. The predicted octanol–water partition coefficient (Wildman–Crippen LogP) is 3.44. The Morgan fingerprint density at radius 3 is 2.68 bits per heavy atom. The van der Waals surface area contributed by atoms with Gasteiger partial charge in [-0.15, -0.1) is 11.3 Å². The van der Waals surface area contributed by atoms with Crippen LogP contribution in [0.2, 0.25) is 5.02 Å². The van der Waals surface area contributed by atoms with Gasteiger partial charge >= 0.3 is 0 Å². The second-order valence-corrected chi connectivity index (χ2v) is 5.44. The highest BCUT2D eigenvalue weighted by atomic mass is 35.5. The summed E-state index contributed by atoms with van der Waals surface area (Å²) < 4.78 is 4.89. The summed E-state index contributed by atoms with van der Waals surface area (Å²) in [5.74, 6) is -0.0673. The first-order valence-corrected chi connectivity index (χ1v) is 7.03. The van der Waals surface area contributed by atoms with Crippen LogP contribution in [-0.4, -0.2) is 26.2 Å². The van der Waals surface area contributed by atoms with Crippen molar-refractivity contribution in [2.75, 3.05) is 20.3 Å². The molecule has 0 saturated carbocycles. The molecule has 0 bridgehead atoms. The fraction of sp³-hybridized carbons (Fsp3) is 0.214. The molecule has 1 aromatic carbocycles. The number of methoxy groups -OCH3 is 1. The molecule has 0 spiro atoms. The minimum absolute atomic E-state index is 0.0673. The van der Waals surface area contributed by atoms with Crippen molar-refractivity contribution in [2.45, 2.75) is 0 Å². The van der Waals surface area contributed by atoms with Crippen LogP contribution in [0, 0.1) is 0 Å². The van der Waals surface area contributed by atoms with Crippen molar-refractivity contribution in [3.8, 4) is 10.4 Å². The number of nitrogens with one attached hydrogen (secondary N) is 1. The van der Waals surface area contributed by atoms with Crippen molar-refractivity contribution in [1.82, 2.24) is 5.32 Å². The number of carbonyl (C=O) groups is 1. The lowest BCUT2D eigenvalue weighted by molar-refractivity contribution is 0.0941. The van der Waals surface area contributed by atoms with Crippen molar-refractivity contribution in [1.29, 1.82) is 0 Å². The molecule has 0 radical (unpaired) electrons. The van der Waals surface area contributed by atoms with E-state index in [0.717, 1.165) is 10.4 Å². The van der Waals surface area contributed by atoms with Crippen LogP contribution in [0.3, 0.4) is 0 Å². The van der Waals surface area contributed by atoms with Crippen LogP contribution < -0.4 is 5.32 Å². The Morgan fingerprint density at radius 2 is 2.00 bits per heavy atom. The van der Waals surface area contributed by atoms with Gasteiger partial charge in [0.05, 0.1) is 11.5 Å². The Hall–Kier alpha value is -1.36. The van der Waals surface area contributed by atoms with Crippen LogP contribution >= 0.6 is 22.9 Å². The second-order valence-electron chi connectivity index (χ2n) is 3.92. The molecule has 5 heteroatoms. The lowest BCUT2D eigenvalue weighted by Crippen LogP contribution is -2.26. The van der Waals surface area contributed by atoms with Crippen molar-refractivity contribution >= 4 is 28.8 Å². The summed E-state index contributed by atoms with van der Waals surface area (Å²) in [6, 6.07) is 11.3. The Morgan fingerprint density at radius 1 is 1.26 bits per heavy atom. The van der Waals surface area contributed by atoms with Crippen LogP contribution in [0.15, 0.2) is 36.4 Å². The minimum Gasteiger partial charge on any atom is -0.383 e. The number of carbonyl (C=O) groups excluding carboxylic acids is 1. The van der Waals surface area contributed by atoms with Crippen LogP contribution in [-0.2, 0) is 4.74 Å². The van der Waals surface area contributed by atoms with Gasteiger partial charge in [-0.1, -0.05) is 23.7 Å². The molecule has 100 valence electrons. The van der Waals surface area contributed by atoms with Gasteiger partial charge in [-0.3, -0.25) is 4.79 Å². The predicted molar refractivity (Wildman–Crippen MR) is 79.0 cm³/mol. The van der Waals surface area contributed by atoms with Crippen LogP contribution in [0.5, 0.6) is 0 Å². The van der Waals surface area contributed by atoms with Gasteiger partial charge in [-0.25, -0.2) is 0 Å². The highest BCUT2D eigenvalue weighted by Crippen LogP contribution is 2.28. The molecule has 3 nitrogen and oxygen atoms in total. The normalized spacial score (nSPS) is 10.4. The van der Waals surface area contributed by atoms with E-state index in [0.29, 0.717) is 23.1 Å². The number of hydrogen-bond donors (Lipinski definition) is 1. The zero-order chi connectivity index (χ0) is 13.7. The molecule has 0 unspecified atom stereocenters. The lowest BCUT2D eigenvalue weighted by Gasteiger charge is -2.01. The summed E-state index contributed by atoms with van der Waals surface area (Å²) in [5.41, 5.74) is 1.06. The van der Waals surface area contributed by atoms with Crippen LogP contribution in [0.1, 0.15) is 9.67 Å². The second kappa shape index (κ2) is 6.70. The molecule has 0 aliphatic carbocycles. The van der Waals surface area contributed by atoms with Gasteiger partial charge in [0.25, 0.3) is 5.91 Å². The van der Waals surface area contributed by atoms with Gasteiger partial charge in [0.2, 0.25) is 0 Å². The molecular weight excluding hydrogens is 282 g/mol. The SMILES string of the molecule is COCCNC(=O)c1ccc(-c2ccc(Cl)cc2)s1. The van der Waals surface area contributed by atoms with E-state index in [9.17, 15) is 4.79 Å². The third kappa shape index (κ3) is 3.80. The Bertz CT molecular complexity index is 551. The summed E-state index contributed by atoms with van der Waals surface area (Å²) in [6.45, 7) is 1.03. The summed E-state index contributed by atoms with van der Waals surface area (Å²) in [5, 5.41) is 3.51. The van der Waals surface area contributed by atoms with Crippen molar-refractivity contribution in [3.63, 3.8) is 0 Å². The number of hydrogen-bond acceptors (Lipinski definition) is 3. The van der Waals surface area contributed by atoms with Crippen LogP contribution in [0.25, 0.3) is 10.4 Å². The van der Waals surface area contributed by atoms with Gasteiger partial charge in [-0.05, 0) is 29.8 Å². The molecule has 2 rings (SSSR count). The van der Waals surface area contributed by atoms with Gasteiger partial charge in [0.15, 0.2) is 0 Å². The monoisotopic (exact) mass is 295 g/mol. The first kappa shape index (κ1) is 14.1. The number of thiophene rings is 1. The number of rotatable bonds is 5. The number of benzene rings is 1. The third-order valence-corrected chi connectivity index (χ3v) is 3.94. The lowest BCUT2D eigenvalue weighted by atomic mass is 10.2. The molecule has 2 aromatic rings. The highest BCUT2D eigenvalue weighted by Gasteiger charge is 2.09. The first-order chi connectivity index (χ1) is 9.20. The topological polar surface area (TPSA) is 38.3 Å². The van der Waals surface area contributed by atoms with E-state index in [4.69, 9.17) is 16.3 Å². The van der Waals surface area contributed by atoms with Crippen LogP contribution in [0.4, 0.5) is 0 Å². The van der Waals surface area contributed by atoms with E-state index in [-0.39, 0.29) is 5.91 Å². The minimum atomic E-state index is -0.0673. The largest absolute Gasteiger partial charge is 0.383 e. The van der Waals surface area contributed by atoms with Crippen molar-refractivity contribution in [2.24, 2.45) is 0 Å². The summed E-state index contributed by atoms with van der Waals surface area (Å²) in [7, 11) is 1.61. The van der Waals surface area contributed by atoms with Crippen molar-refractivity contribution in [3.05, 3.63) is 46.3 Å². The molecular formula is C14H14ClNO2S. The molecule has 0 fully saturated rings. The van der Waals surface area contributed by atoms with E-state index in [1.54, 1.807) is 7.11 Å². The highest BCUT2D eigenvalue weighted by molar-refractivity contribution is 7.17. The number of ether oxygens (including phenoxy) is 1. The van der Waals surface area contributed by atoms with E-state index < -0.39 is 0 Å². The van der Waals surface area contributed by atoms with Gasteiger partial charge in [-0.2, -0.15) is 0 Å². The quantitative estimate of drug-likeness (QED) is 0.858. The number of amides is 1.